The highest BCUT2D eigenvalue weighted by atomic mass is 32.1. The summed E-state index contributed by atoms with van der Waals surface area (Å²) in [6.07, 6.45) is 6.20. The van der Waals surface area contributed by atoms with Crippen LogP contribution < -0.4 is 0 Å². The third-order valence-electron chi connectivity index (χ3n) is 2.15. The van der Waals surface area contributed by atoms with Crippen molar-refractivity contribution in [2.45, 2.75) is 26.2 Å². The molecular weight excluding hydrogens is 182 g/mol. The van der Waals surface area contributed by atoms with E-state index in [4.69, 9.17) is 0 Å². The van der Waals surface area contributed by atoms with Gasteiger partial charge in [-0.2, -0.15) is 0 Å². The predicted molar refractivity (Wildman–Crippen MR) is 53.7 cm³/mol. The fourth-order valence-electron chi connectivity index (χ4n) is 1.38. The molecule has 0 N–H and O–H groups in total. The van der Waals surface area contributed by atoms with Gasteiger partial charge in [-0.1, -0.05) is 6.92 Å². The number of nitrogens with zero attached hydrogens (tertiary/aromatic N) is 1. The Morgan fingerprint density at radius 2 is 2.38 bits per heavy atom. The molecule has 3 heteroatoms. The van der Waals surface area contributed by atoms with Crippen LogP contribution in [0.2, 0.25) is 0 Å². The van der Waals surface area contributed by atoms with E-state index in [1.54, 1.807) is 17.4 Å². The first-order valence-corrected chi connectivity index (χ1v) is 5.29. The van der Waals surface area contributed by atoms with Crippen LogP contribution >= 0.6 is 11.3 Å². The molecule has 0 spiro atoms. The van der Waals surface area contributed by atoms with Crippen LogP contribution in [0.15, 0.2) is 12.3 Å². The summed E-state index contributed by atoms with van der Waals surface area (Å²) in [4.78, 5) is 16.6. The zero-order chi connectivity index (χ0) is 9.26. The number of rotatable bonds is 2. The second kappa shape index (κ2) is 3.42. The molecule has 2 rings (SSSR count). The summed E-state index contributed by atoms with van der Waals surface area (Å²) in [7, 11) is 0. The van der Waals surface area contributed by atoms with E-state index < -0.39 is 0 Å². The summed E-state index contributed by atoms with van der Waals surface area (Å²) >= 11 is 1.70. The number of aromatic nitrogens is 1. The van der Waals surface area contributed by atoms with Gasteiger partial charge in [0.2, 0.25) is 0 Å². The summed E-state index contributed by atoms with van der Waals surface area (Å²) in [6.45, 7) is 2.12. The lowest BCUT2D eigenvalue weighted by atomic mass is 10.2. The van der Waals surface area contributed by atoms with E-state index in [2.05, 4.69) is 11.9 Å². The molecule has 0 fully saturated rings. The molecule has 0 saturated carbocycles. The Bertz CT molecular complexity index is 365. The van der Waals surface area contributed by atoms with Crippen LogP contribution in [0.4, 0.5) is 0 Å². The zero-order valence-corrected chi connectivity index (χ0v) is 8.36. The third-order valence-corrected chi connectivity index (χ3v) is 3.37. The van der Waals surface area contributed by atoms with Gasteiger partial charge < -0.3 is 0 Å². The predicted octanol–water partition coefficient (Wildman–Crippen LogP) is 2.45. The lowest BCUT2D eigenvalue weighted by Gasteiger charge is -1.91. The topological polar surface area (TPSA) is 30.0 Å². The number of hydrogen-bond acceptors (Lipinski definition) is 3. The third kappa shape index (κ3) is 1.70. The van der Waals surface area contributed by atoms with Crippen molar-refractivity contribution in [1.29, 1.82) is 0 Å². The number of allylic oxidation sites excluding steroid dienone is 2. The molecule has 1 aromatic heterocycles. The maximum atomic E-state index is 11.0. The summed E-state index contributed by atoms with van der Waals surface area (Å²) in [5, 5.41) is 1.03. The van der Waals surface area contributed by atoms with Crippen LogP contribution in [0, 0.1) is 0 Å². The second-order valence-electron chi connectivity index (χ2n) is 3.12. The van der Waals surface area contributed by atoms with Gasteiger partial charge in [0.25, 0.3) is 0 Å². The lowest BCUT2D eigenvalue weighted by Crippen LogP contribution is -1.80. The smallest absolute Gasteiger partial charge is 0.156 e. The molecule has 2 nitrogen and oxygen atoms in total. The largest absolute Gasteiger partial charge is 0.295 e. The van der Waals surface area contributed by atoms with Crippen LogP contribution in [0.25, 0.3) is 5.57 Å². The van der Waals surface area contributed by atoms with Gasteiger partial charge >= 0.3 is 0 Å². The standard InChI is InChI=1S/C10H11NOS/c1-2-9-6-11-10(13-9)7-3-4-8(12)5-7/h5-6H,2-4H2,1H3. The van der Waals surface area contributed by atoms with Gasteiger partial charge in [-0.3, -0.25) is 4.79 Å². The van der Waals surface area contributed by atoms with E-state index in [1.165, 1.54) is 4.88 Å². The highest BCUT2D eigenvalue weighted by Gasteiger charge is 2.15. The number of thiazole rings is 1. The van der Waals surface area contributed by atoms with Gasteiger partial charge in [-0.15, -0.1) is 11.3 Å². The molecular formula is C10H11NOS. The average Bonchev–Trinajstić information content (AvgIpc) is 2.71. The van der Waals surface area contributed by atoms with Crippen molar-refractivity contribution < 1.29 is 4.79 Å². The molecule has 1 aliphatic rings. The zero-order valence-electron chi connectivity index (χ0n) is 7.54. The monoisotopic (exact) mass is 193 g/mol. The Labute approximate surface area is 81.3 Å². The van der Waals surface area contributed by atoms with E-state index in [0.717, 1.165) is 23.4 Å². The van der Waals surface area contributed by atoms with E-state index in [0.29, 0.717) is 6.42 Å². The van der Waals surface area contributed by atoms with Gasteiger partial charge in [0.05, 0.1) is 0 Å². The molecule has 0 bridgehead atoms. The van der Waals surface area contributed by atoms with Crippen molar-refractivity contribution in [3.63, 3.8) is 0 Å². The highest BCUT2D eigenvalue weighted by molar-refractivity contribution is 7.12. The SMILES string of the molecule is CCc1cnc(C2=CC(=O)CC2)s1. The molecule has 0 aliphatic heterocycles. The first-order chi connectivity index (χ1) is 6.29. The van der Waals surface area contributed by atoms with Crippen molar-refractivity contribution in [2.75, 3.05) is 0 Å². The van der Waals surface area contributed by atoms with E-state index in [9.17, 15) is 4.79 Å². The number of ketones is 1. The summed E-state index contributed by atoms with van der Waals surface area (Å²) in [5.41, 5.74) is 1.12. The Balaban J connectivity index is 2.26. The van der Waals surface area contributed by atoms with Crippen LogP contribution in [0.5, 0.6) is 0 Å². The van der Waals surface area contributed by atoms with Gasteiger partial charge in [0, 0.05) is 17.5 Å². The molecule has 0 amide bonds. The van der Waals surface area contributed by atoms with Gasteiger partial charge in [0.1, 0.15) is 5.01 Å². The molecule has 1 aromatic rings. The van der Waals surface area contributed by atoms with E-state index >= 15 is 0 Å². The lowest BCUT2D eigenvalue weighted by molar-refractivity contribution is -0.114. The van der Waals surface area contributed by atoms with Gasteiger partial charge in [-0.05, 0) is 24.5 Å². The fraction of sp³-hybridized carbons (Fsp3) is 0.400. The summed E-state index contributed by atoms with van der Waals surface area (Å²) in [5.74, 6) is 0.239. The van der Waals surface area contributed by atoms with Gasteiger partial charge in [0.15, 0.2) is 5.78 Å². The molecule has 0 atom stereocenters. The average molecular weight is 193 g/mol. The molecule has 1 aliphatic carbocycles. The van der Waals surface area contributed by atoms with Gasteiger partial charge in [-0.25, -0.2) is 4.98 Å². The minimum Gasteiger partial charge on any atom is -0.295 e. The van der Waals surface area contributed by atoms with E-state index in [1.807, 2.05) is 6.20 Å². The number of aryl methyl sites for hydroxylation is 1. The first-order valence-electron chi connectivity index (χ1n) is 4.48. The fourth-order valence-corrected chi connectivity index (χ4v) is 2.28. The van der Waals surface area contributed by atoms with Crippen molar-refractivity contribution in [2.24, 2.45) is 0 Å². The summed E-state index contributed by atoms with van der Waals surface area (Å²) in [6, 6.07) is 0. The van der Waals surface area contributed by atoms with Crippen molar-refractivity contribution in [1.82, 2.24) is 4.98 Å². The quantitative estimate of drug-likeness (QED) is 0.722. The molecule has 0 radical (unpaired) electrons. The number of hydrogen-bond donors (Lipinski definition) is 0. The Morgan fingerprint density at radius 3 is 2.92 bits per heavy atom. The Kier molecular flexibility index (Phi) is 2.27. The first kappa shape index (κ1) is 8.63. The molecule has 13 heavy (non-hydrogen) atoms. The highest BCUT2D eigenvalue weighted by Crippen LogP contribution is 2.29. The van der Waals surface area contributed by atoms with Crippen LogP contribution in [0.3, 0.4) is 0 Å². The van der Waals surface area contributed by atoms with Crippen LogP contribution in [0.1, 0.15) is 29.7 Å². The molecule has 0 saturated heterocycles. The minimum absolute atomic E-state index is 0.239. The minimum atomic E-state index is 0.239. The molecule has 68 valence electrons. The van der Waals surface area contributed by atoms with Crippen LogP contribution in [-0.4, -0.2) is 10.8 Å². The van der Waals surface area contributed by atoms with Crippen molar-refractivity contribution in [3.8, 4) is 0 Å². The van der Waals surface area contributed by atoms with Crippen molar-refractivity contribution >= 4 is 22.7 Å². The normalized spacial score (nSPS) is 16.4. The summed E-state index contributed by atoms with van der Waals surface area (Å²) < 4.78 is 0. The van der Waals surface area contributed by atoms with Crippen molar-refractivity contribution in [3.05, 3.63) is 22.2 Å². The molecule has 1 heterocycles. The number of carbonyl (C=O) groups excluding carboxylic acids is 1. The maximum absolute atomic E-state index is 11.0. The maximum Gasteiger partial charge on any atom is 0.156 e. The second-order valence-corrected chi connectivity index (χ2v) is 4.24. The Morgan fingerprint density at radius 1 is 1.54 bits per heavy atom. The molecule has 0 aromatic carbocycles. The van der Waals surface area contributed by atoms with Crippen LogP contribution in [-0.2, 0) is 11.2 Å². The van der Waals surface area contributed by atoms with E-state index in [-0.39, 0.29) is 5.78 Å². The molecule has 0 unspecified atom stereocenters. The number of carbonyl (C=O) groups is 1. The Hall–Kier alpha value is -0.960.